The molecule has 1 aromatic carbocycles. The van der Waals surface area contributed by atoms with Gasteiger partial charge < -0.3 is 10.6 Å². The Bertz CT molecular complexity index is 505. The Kier molecular flexibility index (Phi) is 3.80. The number of carbonyl (C=O) groups is 1. The molecule has 2 rings (SSSR count). The number of benzene rings is 1. The van der Waals surface area contributed by atoms with Crippen molar-refractivity contribution in [1.29, 1.82) is 0 Å². The van der Waals surface area contributed by atoms with Crippen LogP contribution in [0, 0.1) is 23.4 Å². The van der Waals surface area contributed by atoms with E-state index in [4.69, 9.17) is 5.73 Å². The Balaban J connectivity index is 2.20. The molecule has 19 heavy (non-hydrogen) atoms. The largest absolute Gasteiger partial charge is 0.338 e. The Morgan fingerprint density at radius 2 is 2.05 bits per heavy atom. The average Bonchev–Trinajstić information content (AvgIpc) is 2.85. The van der Waals surface area contributed by atoms with Crippen molar-refractivity contribution in [2.24, 2.45) is 11.7 Å². The van der Waals surface area contributed by atoms with Crippen LogP contribution in [0.15, 0.2) is 12.1 Å². The topological polar surface area (TPSA) is 46.3 Å². The molecule has 0 saturated carbocycles. The normalized spacial score (nSPS) is 20.7. The summed E-state index contributed by atoms with van der Waals surface area (Å²) in [6.07, 6.45) is 0.731. The van der Waals surface area contributed by atoms with Gasteiger partial charge in [-0.25, -0.2) is 13.2 Å². The lowest BCUT2D eigenvalue weighted by atomic mass is 10.0. The highest BCUT2D eigenvalue weighted by Crippen LogP contribution is 2.23. The minimum absolute atomic E-state index is 0.0624. The Labute approximate surface area is 109 Å². The molecule has 0 aromatic heterocycles. The van der Waals surface area contributed by atoms with E-state index >= 15 is 0 Å². The minimum Gasteiger partial charge on any atom is -0.338 e. The molecule has 0 bridgehead atoms. The molecule has 104 valence electrons. The Hall–Kier alpha value is -1.56. The summed E-state index contributed by atoms with van der Waals surface area (Å²) in [5, 5.41) is 0. The maximum Gasteiger partial charge on any atom is 0.256 e. The SMILES string of the molecule is CC(N)C1CCN(C(=O)c2ccc(F)c(F)c2F)C1. The van der Waals surface area contributed by atoms with Crippen molar-refractivity contribution in [3.05, 3.63) is 35.1 Å². The zero-order valence-corrected chi connectivity index (χ0v) is 10.5. The summed E-state index contributed by atoms with van der Waals surface area (Å²) in [4.78, 5) is 13.5. The van der Waals surface area contributed by atoms with Gasteiger partial charge >= 0.3 is 0 Å². The number of carbonyl (C=O) groups excluding carboxylic acids is 1. The second-order valence-corrected chi connectivity index (χ2v) is 4.88. The molecule has 0 radical (unpaired) electrons. The molecule has 1 heterocycles. The predicted molar refractivity (Wildman–Crippen MR) is 64.0 cm³/mol. The number of amides is 1. The van der Waals surface area contributed by atoms with E-state index in [0.29, 0.717) is 13.1 Å². The highest BCUT2D eigenvalue weighted by Gasteiger charge is 2.31. The number of likely N-dealkylation sites (tertiary alicyclic amines) is 1. The molecule has 0 spiro atoms. The van der Waals surface area contributed by atoms with Crippen molar-refractivity contribution < 1.29 is 18.0 Å². The third kappa shape index (κ3) is 2.58. The first-order valence-corrected chi connectivity index (χ1v) is 6.10. The average molecular weight is 272 g/mol. The summed E-state index contributed by atoms with van der Waals surface area (Å²) in [7, 11) is 0. The first-order valence-electron chi connectivity index (χ1n) is 6.10. The molecule has 3 nitrogen and oxygen atoms in total. The number of rotatable bonds is 2. The third-order valence-electron chi connectivity index (χ3n) is 3.52. The van der Waals surface area contributed by atoms with Gasteiger partial charge in [0, 0.05) is 19.1 Å². The van der Waals surface area contributed by atoms with E-state index in [1.807, 2.05) is 6.92 Å². The van der Waals surface area contributed by atoms with Crippen LogP contribution in [0.1, 0.15) is 23.7 Å². The lowest BCUT2D eigenvalue weighted by molar-refractivity contribution is 0.0780. The van der Waals surface area contributed by atoms with E-state index in [1.165, 1.54) is 4.90 Å². The second kappa shape index (κ2) is 5.21. The van der Waals surface area contributed by atoms with E-state index < -0.39 is 28.9 Å². The van der Waals surface area contributed by atoms with Crippen LogP contribution in [0.2, 0.25) is 0 Å². The van der Waals surface area contributed by atoms with Crippen LogP contribution in [-0.2, 0) is 0 Å². The van der Waals surface area contributed by atoms with Crippen LogP contribution in [0.3, 0.4) is 0 Å². The van der Waals surface area contributed by atoms with Crippen molar-refractivity contribution in [2.75, 3.05) is 13.1 Å². The van der Waals surface area contributed by atoms with Crippen LogP contribution in [0.5, 0.6) is 0 Å². The summed E-state index contributed by atoms with van der Waals surface area (Å²) in [5.74, 6) is -4.83. The van der Waals surface area contributed by atoms with Gasteiger partial charge in [-0.1, -0.05) is 0 Å². The van der Waals surface area contributed by atoms with E-state index in [-0.39, 0.29) is 12.0 Å². The van der Waals surface area contributed by atoms with Gasteiger partial charge in [0.25, 0.3) is 5.91 Å². The van der Waals surface area contributed by atoms with Gasteiger partial charge in [0.2, 0.25) is 0 Å². The summed E-state index contributed by atoms with van der Waals surface area (Å²) in [6, 6.07) is 1.66. The highest BCUT2D eigenvalue weighted by atomic mass is 19.2. The van der Waals surface area contributed by atoms with E-state index in [2.05, 4.69) is 0 Å². The van der Waals surface area contributed by atoms with E-state index in [9.17, 15) is 18.0 Å². The van der Waals surface area contributed by atoms with Crippen LogP contribution < -0.4 is 5.73 Å². The Morgan fingerprint density at radius 1 is 1.37 bits per heavy atom. The van der Waals surface area contributed by atoms with Crippen molar-refractivity contribution >= 4 is 5.91 Å². The van der Waals surface area contributed by atoms with E-state index in [1.54, 1.807) is 0 Å². The molecule has 1 saturated heterocycles. The summed E-state index contributed by atoms with van der Waals surface area (Å²) >= 11 is 0. The summed E-state index contributed by atoms with van der Waals surface area (Å²) < 4.78 is 39.4. The molecule has 0 aliphatic carbocycles. The van der Waals surface area contributed by atoms with Crippen LogP contribution in [0.4, 0.5) is 13.2 Å². The number of nitrogens with two attached hydrogens (primary N) is 1. The molecule has 6 heteroatoms. The van der Waals surface area contributed by atoms with Crippen LogP contribution in [-0.4, -0.2) is 29.9 Å². The molecule has 1 amide bonds. The molecule has 2 unspecified atom stereocenters. The molecular formula is C13H15F3N2O. The second-order valence-electron chi connectivity index (χ2n) is 4.88. The number of halogens is 3. The molecular weight excluding hydrogens is 257 g/mol. The molecule has 1 fully saturated rings. The van der Waals surface area contributed by atoms with Crippen molar-refractivity contribution in [3.63, 3.8) is 0 Å². The first-order chi connectivity index (χ1) is 8.91. The third-order valence-corrected chi connectivity index (χ3v) is 3.52. The van der Waals surface area contributed by atoms with Gasteiger partial charge in [0.1, 0.15) is 0 Å². The standard InChI is InChI=1S/C13H15F3N2O/c1-7(17)8-4-5-18(6-8)13(19)9-2-3-10(14)12(16)11(9)15/h2-3,7-8H,4-6,17H2,1H3. The molecule has 1 aliphatic heterocycles. The van der Waals surface area contributed by atoms with Gasteiger partial charge in [-0.2, -0.15) is 0 Å². The van der Waals surface area contributed by atoms with Crippen molar-refractivity contribution in [1.82, 2.24) is 4.90 Å². The maximum absolute atomic E-state index is 13.5. The molecule has 1 aliphatic rings. The van der Waals surface area contributed by atoms with Gasteiger partial charge in [-0.3, -0.25) is 4.79 Å². The zero-order chi connectivity index (χ0) is 14.2. The lowest BCUT2D eigenvalue weighted by Crippen LogP contribution is -2.33. The minimum atomic E-state index is -1.62. The monoisotopic (exact) mass is 272 g/mol. The van der Waals surface area contributed by atoms with Gasteiger partial charge in [-0.05, 0) is 31.4 Å². The predicted octanol–water partition coefficient (Wildman–Crippen LogP) is 1.91. The fourth-order valence-electron chi connectivity index (χ4n) is 2.26. The smallest absolute Gasteiger partial charge is 0.256 e. The van der Waals surface area contributed by atoms with E-state index in [0.717, 1.165) is 18.6 Å². The van der Waals surface area contributed by atoms with Gasteiger partial charge in [-0.15, -0.1) is 0 Å². The highest BCUT2D eigenvalue weighted by molar-refractivity contribution is 5.94. The van der Waals surface area contributed by atoms with Crippen molar-refractivity contribution in [2.45, 2.75) is 19.4 Å². The van der Waals surface area contributed by atoms with Crippen LogP contribution in [0.25, 0.3) is 0 Å². The summed E-state index contributed by atoms with van der Waals surface area (Å²) in [5.41, 5.74) is 5.31. The lowest BCUT2D eigenvalue weighted by Gasteiger charge is -2.18. The Morgan fingerprint density at radius 3 is 2.63 bits per heavy atom. The number of hydrogen-bond donors (Lipinski definition) is 1. The number of hydrogen-bond acceptors (Lipinski definition) is 2. The van der Waals surface area contributed by atoms with Crippen molar-refractivity contribution in [3.8, 4) is 0 Å². The fraction of sp³-hybridized carbons (Fsp3) is 0.462. The van der Waals surface area contributed by atoms with Gasteiger partial charge in [0.05, 0.1) is 5.56 Å². The molecule has 1 aromatic rings. The summed E-state index contributed by atoms with van der Waals surface area (Å²) in [6.45, 7) is 2.70. The van der Waals surface area contributed by atoms with Gasteiger partial charge in [0.15, 0.2) is 17.5 Å². The quantitative estimate of drug-likeness (QED) is 0.836. The first kappa shape index (κ1) is 13.9. The van der Waals surface area contributed by atoms with Crippen LogP contribution >= 0.6 is 0 Å². The number of nitrogens with zero attached hydrogens (tertiary/aromatic N) is 1. The maximum atomic E-state index is 13.5. The molecule has 2 atom stereocenters. The molecule has 2 N–H and O–H groups in total. The fourth-order valence-corrected chi connectivity index (χ4v) is 2.26. The zero-order valence-electron chi connectivity index (χ0n) is 10.5.